The molecule has 0 unspecified atom stereocenters. The summed E-state index contributed by atoms with van der Waals surface area (Å²) in [5, 5.41) is 5.88. The number of ether oxygens (including phenoxy) is 4. The Morgan fingerprint density at radius 2 is 1.74 bits per heavy atom. The number of nitrogens with one attached hydrogen (secondary N) is 2. The van der Waals surface area contributed by atoms with E-state index >= 15 is 0 Å². The summed E-state index contributed by atoms with van der Waals surface area (Å²) in [5.74, 6) is 1.78. The fourth-order valence-corrected chi connectivity index (χ4v) is 4.06. The molecule has 2 aliphatic heterocycles. The number of nitrogens with zero attached hydrogens (tertiary/aromatic N) is 1. The van der Waals surface area contributed by atoms with E-state index in [1.54, 1.807) is 17.0 Å². The van der Waals surface area contributed by atoms with Crippen molar-refractivity contribution in [3.8, 4) is 17.2 Å². The highest BCUT2D eigenvalue weighted by Gasteiger charge is 2.25. The minimum atomic E-state index is -0.185. The van der Waals surface area contributed by atoms with Gasteiger partial charge in [-0.05, 0) is 31.6 Å². The second-order valence-corrected chi connectivity index (χ2v) is 7.92. The molecule has 2 heterocycles. The number of methoxy groups -OCH3 is 3. The van der Waals surface area contributed by atoms with Crippen LogP contribution in [-0.2, 0) is 9.53 Å². The van der Waals surface area contributed by atoms with E-state index in [1.807, 2.05) is 0 Å². The van der Waals surface area contributed by atoms with Crippen LogP contribution in [0, 0.1) is 5.92 Å². The summed E-state index contributed by atoms with van der Waals surface area (Å²) in [4.78, 5) is 26.7. The monoisotopic (exact) mass is 435 g/mol. The number of carbonyl (C=O) groups excluding carboxylic acids is 2. The molecule has 2 fully saturated rings. The van der Waals surface area contributed by atoms with Gasteiger partial charge in [0.1, 0.15) is 0 Å². The van der Waals surface area contributed by atoms with Crippen molar-refractivity contribution in [2.75, 3.05) is 52.9 Å². The van der Waals surface area contributed by atoms with Gasteiger partial charge in [-0.3, -0.25) is 4.79 Å². The summed E-state index contributed by atoms with van der Waals surface area (Å²) < 4.78 is 21.5. The van der Waals surface area contributed by atoms with Crippen LogP contribution in [0.3, 0.4) is 0 Å². The molecule has 1 aromatic rings. The Morgan fingerprint density at radius 1 is 1.06 bits per heavy atom. The van der Waals surface area contributed by atoms with E-state index in [4.69, 9.17) is 18.9 Å². The molecule has 2 aliphatic rings. The van der Waals surface area contributed by atoms with Gasteiger partial charge >= 0.3 is 6.03 Å². The first-order valence-corrected chi connectivity index (χ1v) is 10.8. The van der Waals surface area contributed by atoms with Gasteiger partial charge in [-0.2, -0.15) is 0 Å². The quantitative estimate of drug-likeness (QED) is 0.651. The van der Waals surface area contributed by atoms with E-state index in [0.29, 0.717) is 49.0 Å². The Kier molecular flexibility index (Phi) is 8.22. The van der Waals surface area contributed by atoms with Crippen molar-refractivity contribution < 1.29 is 28.5 Å². The molecule has 1 atom stereocenters. The van der Waals surface area contributed by atoms with Gasteiger partial charge in [-0.25, -0.2) is 4.79 Å². The minimum Gasteiger partial charge on any atom is -0.493 e. The van der Waals surface area contributed by atoms with Crippen LogP contribution in [0.4, 0.5) is 10.5 Å². The number of anilines is 1. The number of benzene rings is 1. The highest BCUT2D eigenvalue weighted by Crippen LogP contribution is 2.40. The van der Waals surface area contributed by atoms with Crippen molar-refractivity contribution in [1.29, 1.82) is 0 Å². The Bertz CT molecular complexity index is 733. The van der Waals surface area contributed by atoms with E-state index in [0.717, 1.165) is 32.3 Å². The van der Waals surface area contributed by atoms with Crippen molar-refractivity contribution >= 4 is 17.6 Å². The van der Waals surface area contributed by atoms with Crippen molar-refractivity contribution in [3.05, 3.63) is 12.1 Å². The number of carbonyl (C=O) groups is 2. The standard InChI is InChI=1S/C22H33N3O6/c1-28-18-12-16(13-19(29-2)21(18)30-3)24-22(27)25-8-6-15(7-9-25)11-20(26)23-14-17-5-4-10-31-17/h12-13,15,17H,4-11,14H2,1-3H3,(H,23,26)(H,24,27)/t17-/m1/s1. The number of rotatable bonds is 8. The van der Waals surface area contributed by atoms with Gasteiger partial charge in [0.05, 0.1) is 33.1 Å². The molecule has 0 saturated carbocycles. The molecule has 3 amide bonds. The molecule has 9 heteroatoms. The summed E-state index contributed by atoms with van der Waals surface area (Å²) in [7, 11) is 4.60. The molecule has 172 valence electrons. The Labute approximate surface area is 183 Å². The Morgan fingerprint density at radius 3 is 2.29 bits per heavy atom. The largest absolute Gasteiger partial charge is 0.493 e. The van der Waals surface area contributed by atoms with Gasteiger partial charge in [-0.1, -0.05) is 0 Å². The topological polar surface area (TPSA) is 98.4 Å². The van der Waals surface area contributed by atoms with Crippen LogP contribution >= 0.6 is 0 Å². The molecular formula is C22H33N3O6. The van der Waals surface area contributed by atoms with Crippen molar-refractivity contribution in [1.82, 2.24) is 10.2 Å². The Balaban J connectivity index is 1.46. The molecular weight excluding hydrogens is 402 g/mol. The number of urea groups is 1. The van der Waals surface area contributed by atoms with E-state index in [-0.39, 0.29) is 24.0 Å². The third-order valence-corrected chi connectivity index (χ3v) is 5.84. The van der Waals surface area contributed by atoms with Gasteiger partial charge in [-0.15, -0.1) is 0 Å². The van der Waals surface area contributed by atoms with Crippen LogP contribution in [0.5, 0.6) is 17.2 Å². The number of hydrogen-bond acceptors (Lipinski definition) is 6. The summed E-state index contributed by atoms with van der Waals surface area (Å²) in [6.45, 7) is 2.60. The second kappa shape index (κ2) is 11.1. The number of likely N-dealkylation sites (tertiary alicyclic amines) is 1. The predicted molar refractivity (Wildman–Crippen MR) is 116 cm³/mol. The van der Waals surface area contributed by atoms with Crippen LogP contribution in [0.25, 0.3) is 0 Å². The Hall–Kier alpha value is -2.68. The van der Waals surface area contributed by atoms with Gasteiger partial charge in [0.2, 0.25) is 11.7 Å². The van der Waals surface area contributed by atoms with E-state index in [9.17, 15) is 9.59 Å². The lowest BCUT2D eigenvalue weighted by Crippen LogP contribution is -2.42. The van der Waals surface area contributed by atoms with Gasteiger partial charge in [0.15, 0.2) is 11.5 Å². The zero-order chi connectivity index (χ0) is 22.2. The lowest BCUT2D eigenvalue weighted by molar-refractivity contribution is -0.122. The third kappa shape index (κ3) is 6.16. The van der Waals surface area contributed by atoms with Gasteiger partial charge < -0.3 is 34.5 Å². The fraction of sp³-hybridized carbons (Fsp3) is 0.636. The van der Waals surface area contributed by atoms with E-state index in [1.165, 1.54) is 21.3 Å². The van der Waals surface area contributed by atoms with Crippen LogP contribution in [0.1, 0.15) is 32.1 Å². The molecule has 0 aliphatic carbocycles. The summed E-state index contributed by atoms with van der Waals surface area (Å²) in [6, 6.07) is 3.21. The number of piperidine rings is 1. The fourth-order valence-electron chi connectivity index (χ4n) is 4.06. The number of hydrogen-bond donors (Lipinski definition) is 2. The highest BCUT2D eigenvalue weighted by atomic mass is 16.5. The lowest BCUT2D eigenvalue weighted by atomic mass is 9.93. The molecule has 1 aromatic carbocycles. The van der Waals surface area contributed by atoms with Crippen molar-refractivity contribution in [3.63, 3.8) is 0 Å². The zero-order valence-electron chi connectivity index (χ0n) is 18.6. The molecule has 0 aromatic heterocycles. The SMILES string of the molecule is COc1cc(NC(=O)N2CCC(CC(=O)NC[C@H]3CCCO3)CC2)cc(OC)c1OC. The minimum absolute atomic E-state index is 0.0656. The summed E-state index contributed by atoms with van der Waals surface area (Å²) >= 11 is 0. The maximum Gasteiger partial charge on any atom is 0.321 e. The maximum atomic E-state index is 12.7. The summed E-state index contributed by atoms with van der Waals surface area (Å²) in [5.41, 5.74) is 0.565. The molecule has 0 radical (unpaired) electrons. The molecule has 3 rings (SSSR count). The van der Waals surface area contributed by atoms with Crippen molar-refractivity contribution in [2.45, 2.75) is 38.2 Å². The zero-order valence-corrected chi connectivity index (χ0v) is 18.6. The first kappa shape index (κ1) is 23.0. The third-order valence-electron chi connectivity index (χ3n) is 5.84. The van der Waals surface area contributed by atoms with Gasteiger partial charge in [0.25, 0.3) is 0 Å². The van der Waals surface area contributed by atoms with Crippen LogP contribution < -0.4 is 24.8 Å². The van der Waals surface area contributed by atoms with Gasteiger partial charge in [0, 0.05) is 44.8 Å². The molecule has 2 saturated heterocycles. The first-order valence-electron chi connectivity index (χ1n) is 10.8. The van der Waals surface area contributed by atoms with Crippen molar-refractivity contribution in [2.24, 2.45) is 5.92 Å². The second-order valence-electron chi connectivity index (χ2n) is 7.92. The van der Waals surface area contributed by atoms with Crippen LogP contribution in [0.2, 0.25) is 0 Å². The molecule has 2 N–H and O–H groups in total. The summed E-state index contributed by atoms with van der Waals surface area (Å²) in [6.07, 6.45) is 4.34. The molecule has 31 heavy (non-hydrogen) atoms. The average Bonchev–Trinajstić information content (AvgIpc) is 3.31. The molecule has 0 bridgehead atoms. The molecule has 0 spiro atoms. The lowest BCUT2D eigenvalue weighted by Gasteiger charge is -2.32. The van der Waals surface area contributed by atoms with E-state index < -0.39 is 0 Å². The normalized spacial score (nSPS) is 19.1. The maximum absolute atomic E-state index is 12.7. The van der Waals surface area contributed by atoms with Crippen LogP contribution in [0.15, 0.2) is 12.1 Å². The molecule has 9 nitrogen and oxygen atoms in total. The average molecular weight is 436 g/mol. The predicted octanol–water partition coefficient (Wildman–Crippen LogP) is 2.64. The van der Waals surface area contributed by atoms with Crippen LogP contribution in [-0.4, -0.2) is 70.5 Å². The smallest absolute Gasteiger partial charge is 0.321 e. The number of amides is 3. The van der Waals surface area contributed by atoms with E-state index in [2.05, 4.69) is 10.6 Å². The highest BCUT2D eigenvalue weighted by molar-refractivity contribution is 5.90. The first-order chi connectivity index (χ1) is 15.0.